The van der Waals surface area contributed by atoms with Crippen LogP contribution < -0.4 is 10.1 Å². The van der Waals surface area contributed by atoms with Gasteiger partial charge in [0.05, 0.1) is 50.2 Å². The summed E-state index contributed by atoms with van der Waals surface area (Å²) in [5.41, 5.74) is 6.07. The van der Waals surface area contributed by atoms with Crippen LogP contribution in [-0.2, 0) is 34.0 Å². The normalized spacial score (nSPS) is 19.1. The van der Waals surface area contributed by atoms with Crippen LogP contribution in [0.15, 0.2) is 67.5 Å². The topological polar surface area (TPSA) is 124 Å². The van der Waals surface area contributed by atoms with Crippen molar-refractivity contribution in [2.45, 2.75) is 45.7 Å². The first-order valence-corrected chi connectivity index (χ1v) is 15.4. The first kappa shape index (κ1) is 31.3. The number of fused-ring (bicyclic) bond motifs is 5. The number of nitrogens with zero attached hydrogens (tertiary/aromatic N) is 6. The van der Waals surface area contributed by atoms with Gasteiger partial charge in [0.15, 0.2) is 0 Å². The number of hydrogen-bond acceptors (Lipinski definition) is 9. The van der Waals surface area contributed by atoms with E-state index in [1.807, 2.05) is 28.9 Å². The fourth-order valence-electron chi connectivity index (χ4n) is 6.00. The number of ether oxygens (including phenoxy) is 3. The minimum atomic E-state index is -0.330. The van der Waals surface area contributed by atoms with Crippen LogP contribution in [0, 0.1) is 13.8 Å². The third kappa shape index (κ3) is 7.58. The number of methoxy groups -OCH3 is 1. The molecule has 6 rings (SSSR count). The van der Waals surface area contributed by atoms with Crippen LogP contribution in [0.4, 0.5) is 0 Å². The Morgan fingerprint density at radius 1 is 0.978 bits per heavy atom. The van der Waals surface area contributed by atoms with Crippen molar-refractivity contribution in [2.24, 2.45) is 0 Å². The largest absolute Gasteiger partial charge is 0.456 e. The van der Waals surface area contributed by atoms with Crippen LogP contribution in [0.3, 0.4) is 0 Å². The Balaban J connectivity index is 1.24. The molecule has 0 saturated carbocycles. The molecule has 1 saturated heterocycles. The number of likely N-dealkylation sites (tertiary alicyclic amines) is 1. The average molecular weight is 626 g/mol. The standard InChI is InChI=1S/C34H39N7O5/c1-23-9-24(2)28(16-41-22-36-21-37-41)11-27(23)15-39-17-31-32(18-39)45-20-25-5-4-6-29(10-25)46-30-12-26(13-35-14-30)34(43)40(7-8-44-3)19-33(42)38-31/h4-6,9-14,21-22,31-32H,7-8,15-20H2,1-3H3,(H,38,42)/t31-,32-/m0/s1. The molecular formula is C34H39N7O5. The number of pyridine rings is 1. The summed E-state index contributed by atoms with van der Waals surface area (Å²) in [6.07, 6.45) is 6.04. The molecule has 0 aliphatic carbocycles. The van der Waals surface area contributed by atoms with Crippen LogP contribution in [0.5, 0.6) is 11.5 Å². The quantitative estimate of drug-likeness (QED) is 0.330. The van der Waals surface area contributed by atoms with Crippen molar-refractivity contribution >= 4 is 11.8 Å². The fraction of sp³-hybridized carbons (Fsp3) is 0.382. The molecule has 46 heavy (non-hydrogen) atoms. The number of nitrogens with one attached hydrogen (secondary N) is 1. The van der Waals surface area contributed by atoms with Gasteiger partial charge >= 0.3 is 0 Å². The maximum Gasteiger partial charge on any atom is 0.256 e. The molecule has 12 heteroatoms. The maximum absolute atomic E-state index is 13.5. The third-order valence-electron chi connectivity index (χ3n) is 8.42. The monoisotopic (exact) mass is 625 g/mol. The van der Waals surface area contributed by atoms with Gasteiger partial charge in [0.1, 0.15) is 24.2 Å². The molecule has 2 aromatic heterocycles. The van der Waals surface area contributed by atoms with E-state index in [0.717, 1.165) is 5.56 Å². The molecule has 2 atom stereocenters. The summed E-state index contributed by atoms with van der Waals surface area (Å²) < 4.78 is 19.6. The minimum absolute atomic E-state index is 0.127. The molecule has 12 nitrogen and oxygen atoms in total. The van der Waals surface area contributed by atoms with Gasteiger partial charge in [-0.05, 0) is 59.9 Å². The molecule has 2 aromatic carbocycles. The van der Waals surface area contributed by atoms with E-state index < -0.39 is 0 Å². The van der Waals surface area contributed by atoms with Crippen LogP contribution in [-0.4, -0.2) is 93.4 Å². The summed E-state index contributed by atoms with van der Waals surface area (Å²) in [6.45, 7) is 7.58. The van der Waals surface area contributed by atoms with Crippen LogP contribution in [0.1, 0.15) is 38.2 Å². The van der Waals surface area contributed by atoms with Crippen molar-refractivity contribution in [2.75, 3.05) is 39.9 Å². The van der Waals surface area contributed by atoms with Crippen LogP contribution in [0.25, 0.3) is 0 Å². The number of amides is 2. The average Bonchev–Trinajstić information content (AvgIpc) is 3.69. The Morgan fingerprint density at radius 2 is 1.83 bits per heavy atom. The van der Waals surface area contributed by atoms with E-state index in [1.54, 1.807) is 32.0 Å². The summed E-state index contributed by atoms with van der Waals surface area (Å²) in [5, 5.41) is 7.45. The summed E-state index contributed by atoms with van der Waals surface area (Å²) in [7, 11) is 1.56. The van der Waals surface area contributed by atoms with E-state index >= 15 is 0 Å². The van der Waals surface area contributed by atoms with Gasteiger partial charge in [0, 0.05) is 39.5 Å². The lowest BCUT2D eigenvalue weighted by Gasteiger charge is -2.25. The van der Waals surface area contributed by atoms with Gasteiger partial charge in [0.2, 0.25) is 5.91 Å². The van der Waals surface area contributed by atoms with Crippen molar-refractivity contribution in [1.82, 2.24) is 34.9 Å². The van der Waals surface area contributed by atoms with Gasteiger partial charge in [0.25, 0.3) is 5.91 Å². The van der Waals surface area contributed by atoms with Gasteiger partial charge < -0.3 is 24.4 Å². The predicted octanol–water partition coefficient (Wildman–Crippen LogP) is 3.12. The lowest BCUT2D eigenvalue weighted by Crippen LogP contribution is -2.49. The number of rotatable bonds is 7. The molecule has 2 amide bonds. The third-order valence-corrected chi connectivity index (χ3v) is 8.42. The van der Waals surface area contributed by atoms with Gasteiger partial charge in [-0.1, -0.05) is 24.3 Å². The van der Waals surface area contributed by atoms with Gasteiger partial charge in [-0.25, -0.2) is 9.67 Å². The van der Waals surface area contributed by atoms with Crippen LogP contribution >= 0.6 is 0 Å². The van der Waals surface area contributed by atoms with Crippen LogP contribution in [0.2, 0.25) is 0 Å². The summed E-state index contributed by atoms with van der Waals surface area (Å²) in [4.78, 5) is 39.1. The molecule has 0 radical (unpaired) electrons. The summed E-state index contributed by atoms with van der Waals surface area (Å²) >= 11 is 0. The van der Waals surface area contributed by atoms with E-state index in [2.05, 4.69) is 51.3 Å². The molecule has 240 valence electrons. The Kier molecular flexibility index (Phi) is 9.67. The molecule has 4 bridgehead atoms. The van der Waals surface area contributed by atoms with E-state index in [9.17, 15) is 9.59 Å². The Bertz CT molecular complexity index is 1680. The minimum Gasteiger partial charge on any atom is -0.456 e. The first-order valence-electron chi connectivity index (χ1n) is 15.4. The zero-order chi connectivity index (χ0) is 32.0. The second-order valence-corrected chi connectivity index (χ2v) is 11.9. The van der Waals surface area contributed by atoms with E-state index in [1.165, 1.54) is 33.4 Å². The molecule has 0 spiro atoms. The summed E-state index contributed by atoms with van der Waals surface area (Å²) in [5.74, 6) is 0.448. The zero-order valence-electron chi connectivity index (χ0n) is 26.4. The number of carbonyl (C=O) groups excluding carboxylic acids is 2. The Hall–Kier alpha value is -4.65. The van der Waals surface area contributed by atoms with Crippen molar-refractivity contribution in [1.29, 1.82) is 0 Å². The molecule has 2 aliphatic rings. The van der Waals surface area contributed by atoms with Crippen molar-refractivity contribution in [3.8, 4) is 11.5 Å². The highest BCUT2D eigenvalue weighted by atomic mass is 16.5. The molecule has 4 aromatic rings. The van der Waals surface area contributed by atoms with Crippen molar-refractivity contribution in [3.05, 3.63) is 101 Å². The number of hydrogen-bond donors (Lipinski definition) is 1. The predicted molar refractivity (Wildman–Crippen MR) is 169 cm³/mol. The molecular weight excluding hydrogens is 586 g/mol. The number of carbonyl (C=O) groups is 2. The SMILES string of the molecule is COCCN1CC(=O)N[C@H]2CN(Cc3cc(Cn4cncn4)c(C)cc3C)C[C@@H]2OCc2cccc(c2)Oc2cncc(c2)C1=O. The van der Waals surface area contributed by atoms with E-state index in [0.29, 0.717) is 49.8 Å². The molecule has 1 N–H and O–H groups in total. The van der Waals surface area contributed by atoms with Gasteiger partial charge in [-0.15, -0.1) is 0 Å². The number of aromatic nitrogens is 4. The van der Waals surface area contributed by atoms with Gasteiger partial charge in [-0.3, -0.25) is 19.5 Å². The highest BCUT2D eigenvalue weighted by Crippen LogP contribution is 2.26. The zero-order valence-corrected chi connectivity index (χ0v) is 26.4. The fourth-order valence-corrected chi connectivity index (χ4v) is 6.00. The van der Waals surface area contributed by atoms with Crippen molar-refractivity contribution < 1.29 is 23.8 Å². The second-order valence-electron chi connectivity index (χ2n) is 11.9. The Morgan fingerprint density at radius 3 is 2.63 bits per heavy atom. The lowest BCUT2D eigenvalue weighted by molar-refractivity contribution is -0.123. The number of benzene rings is 2. The smallest absolute Gasteiger partial charge is 0.256 e. The highest BCUT2D eigenvalue weighted by Gasteiger charge is 2.35. The maximum atomic E-state index is 13.5. The second kappa shape index (κ2) is 14.2. The van der Waals surface area contributed by atoms with E-state index in [4.69, 9.17) is 14.2 Å². The van der Waals surface area contributed by atoms with Crippen molar-refractivity contribution in [3.63, 3.8) is 0 Å². The first-order chi connectivity index (χ1) is 22.3. The lowest BCUT2D eigenvalue weighted by atomic mass is 9.99. The highest BCUT2D eigenvalue weighted by molar-refractivity contribution is 5.96. The molecule has 0 unspecified atom stereocenters. The number of aryl methyl sites for hydroxylation is 2. The Labute approximate surface area is 268 Å². The molecule has 2 aliphatic heterocycles. The molecule has 1 fully saturated rings. The molecule has 4 heterocycles. The summed E-state index contributed by atoms with van der Waals surface area (Å²) in [6, 6.07) is 13.5. The van der Waals surface area contributed by atoms with Gasteiger partial charge in [-0.2, -0.15) is 5.10 Å². The van der Waals surface area contributed by atoms with E-state index in [-0.39, 0.29) is 43.7 Å².